The molecule has 4 aliphatic heterocycles. The normalized spacial score (nSPS) is 28.6. The fourth-order valence-corrected chi connectivity index (χ4v) is 6.87. The Bertz CT molecular complexity index is 484. The van der Waals surface area contributed by atoms with Crippen molar-refractivity contribution in [2.24, 2.45) is 5.41 Å². The van der Waals surface area contributed by atoms with Crippen LogP contribution >= 0.6 is 35.3 Å². The Labute approximate surface area is 216 Å². The minimum atomic E-state index is 0.0910. The average molecular weight is 541 g/mol. The second kappa shape index (κ2) is 15.9. The third kappa shape index (κ3) is 13.3. The lowest BCUT2D eigenvalue weighted by molar-refractivity contribution is 0.0662. The fraction of sp³-hybridized carbons (Fsp3) is 1.00. The first-order chi connectivity index (χ1) is 16.8. The van der Waals surface area contributed by atoms with Gasteiger partial charge >= 0.3 is 0 Å². The molecule has 198 valence electrons. The van der Waals surface area contributed by atoms with E-state index in [2.05, 4.69) is 0 Å². The summed E-state index contributed by atoms with van der Waals surface area (Å²) >= 11 is 5.91. The molecular weight excluding hydrogens is 500 g/mol. The Morgan fingerprint density at radius 1 is 0.529 bits per heavy atom. The summed E-state index contributed by atoms with van der Waals surface area (Å²) in [6, 6.07) is 0. The van der Waals surface area contributed by atoms with Crippen LogP contribution in [-0.4, -0.2) is 138 Å². The number of rotatable bonds is 25. The molecule has 0 saturated carbocycles. The average Bonchev–Trinajstić information content (AvgIpc) is 3.66. The summed E-state index contributed by atoms with van der Waals surface area (Å²) in [5.74, 6) is 6.12. The first kappa shape index (κ1) is 27.8. The number of epoxide rings is 4. The van der Waals surface area contributed by atoms with Gasteiger partial charge in [0.25, 0.3) is 0 Å². The third-order valence-corrected chi connectivity index (χ3v) is 9.39. The molecule has 34 heavy (non-hydrogen) atoms. The summed E-state index contributed by atoms with van der Waals surface area (Å²) in [6.07, 6.45) is 1.28. The predicted molar refractivity (Wildman–Crippen MR) is 137 cm³/mol. The quantitative estimate of drug-likeness (QED) is 0.126. The zero-order chi connectivity index (χ0) is 23.3. The smallest absolute Gasteiger partial charge is 0.104 e. The van der Waals surface area contributed by atoms with Crippen molar-refractivity contribution in [3.8, 4) is 0 Å². The highest BCUT2D eigenvalue weighted by Gasteiger charge is 2.33. The number of ether oxygens (including phenoxy) is 8. The van der Waals surface area contributed by atoms with E-state index in [-0.39, 0.29) is 5.41 Å². The second-order valence-electron chi connectivity index (χ2n) is 9.22. The van der Waals surface area contributed by atoms with Crippen LogP contribution in [0.3, 0.4) is 0 Å². The Kier molecular flexibility index (Phi) is 12.9. The van der Waals surface area contributed by atoms with Crippen molar-refractivity contribution in [3.05, 3.63) is 0 Å². The van der Waals surface area contributed by atoms with E-state index in [4.69, 9.17) is 37.9 Å². The van der Waals surface area contributed by atoms with Gasteiger partial charge in [-0.1, -0.05) is 0 Å². The molecule has 4 aliphatic rings. The lowest BCUT2D eigenvalue weighted by Crippen LogP contribution is -2.37. The summed E-state index contributed by atoms with van der Waals surface area (Å²) in [4.78, 5) is 0. The maximum atomic E-state index is 6.17. The maximum Gasteiger partial charge on any atom is 0.104 e. The fourth-order valence-electron chi connectivity index (χ4n) is 3.18. The molecule has 0 bridgehead atoms. The molecule has 0 aromatic rings. The predicted octanol–water partition coefficient (Wildman–Crippen LogP) is 1.83. The Balaban J connectivity index is 1.17. The molecule has 4 atom stereocenters. The molecule has 4 unspecified atom stereocenters. The maximum absolute atomic E-state index is 6.17. The highest BCUT2D eigenvalue weighted by atomic mass is 32.2. The largest absolute Gasteiger partial charge is 0.378 e. The van der Waals surface area contributed by atoms with Gasteiger partial charge in [-0.2, -0.15) is 35.3 Å². The van der Waals surface area contributed by atoms with Crippen LogP contribution in [0.4, 0.5) is 0 Å². The van der Waals surface area contributed by atoms with Crippen molar-refractivity contribution in [1.82, 2.24) is 0 Å². The van der Waals surface area contributed by atoms with Gasteiger partial charge < -0.3 is 37.9 Å². The first-order valence-electron chi connectivity index (χ1n) is 12.3. The van der Waals surface area contributed by atoms with E-state index >= 15 is 0 Å². The van der Waals surface area contributed by atoms with Gasteiger partial charge in [-0.3, -0.25) is 0 Å². The zero-order valence-electron chi connectivity index (χ0n) is 20.0. The molecule has 8 nitrogen and oxygen atoms in total. The van der Waals surface area contributed by atoms with E-state index in [0.29, 0.717) is 31.0 Å². The molecule has 11 heteroatoms. The van der Waals surface area contributed by atoms with Gasteiger partial charge in [0.05, 0.1) is 79.3 Å². The van der Waals surface area contributed by atoms with Gasteiger partial charge in [-0.15, -0.1) is 0 Å². The van der Waals surface area contributed by atoms with Crippen LogP contribution in [0.2, 0.25) is 0 Å². The van der Waals surface area contributed by atoms with Crippen LogP contribution in [0.1, 0.15) is 0 Å². The highest BCUT2D eigenvalue weighted by Crippen LogP contribution is 2.33. The molecule has 0 aromatic carbocycles. The van der Waals surface area contributed by atoms with Gasteiger partial charge in [0.2, 0.25) is 0 Å². The van der Waals surface area contributed by atoms with Crippen LogP contribution in [-0.2, 0) is 37.9 Å². The number of hydrogen-bond acceptors (Lipinski definition) is 11. The molecule has 0 aliphatic carbocycles. The molecule has 4 rings (SSSR count). The van der Waals surface area contributed by atoms with Crippen LogP contribution in [0, 0.1) is 5.41 Å². The van der Waals surface area contributed by atoms with E-state index in [1.54, 1.807) is 0 Å². The summed E-state index contributed by atoms with van der Waals surface area (Å²) in [6.45, 7) is 9.30. The Morgan fingerprint density at radius 2 is 0.853 bits per heavy atom. The van der Waals surface area contributed by atoms with Crippen molar-refractivity contribution in [2.45, 2.75) is 24.4 Å². The van der Waals surface area contributed by atoms with Crippen LogP contribution < -0.4 is 0 Å². The van der Waals surface area contributed by atoms with E-state index in [0.717, 1.165) is 107 Å². The summed E-state index contributed by atoms with van der Waals surface area (Å²) in [7, 11) is 0. The summed E-state index contributed by atoms with van der Waals surface area (Å²) in [5.41, 5.74) is 0.0910. The molecule has 4 saturated heterocycles. The van der Waals surface area contributed by atoms with E-state index < -0.39 is 0 Å². The van der Waals surface area contributed by atoms with Crippen molar-refractivity contribution >= 4 is 35.3 Å². The molecule has 0 N–H and O–H groups in total. The standard InChI is InChI=1S/C23H40O8S3/c1(24-7-19-11-28-19)4-32-16-23(15-27-10-22-14-31-22,17-33-5-2-25-8-20-12-29-20)18-34-6-3-26-9-21-13-30-21/h19-22H,1-18H2. The minimum absolute atomic E-state index is 0.0910. The van der Waals surface area contributed by atoms with Crippen LogP contribution in [0.15, 0.2) is 0 Å². The summed E-state index contributed by atoms with van der Waals surface area (Å²) < 4.78 is 44.4. The van der Waals surface area contributed by atoms with Crippen molar-refractivity contribution in [1.29, 1.82) is 0 Å². The van der Waals surface area contributed by atoms with Crippen molar-refractivity contribution in [2.75, 3.05) is 114 Å². The molecule has 0 aromatic heterocycles. The lowest BCUT2D eigenvalue weighted by Gasteiger charge is -2.33. The topological polar surface area (TPSA) is 87.0 Å². The molecule has 4 fully saturated rings. The lowest BCUT2D eigenvalue weighted by atomic mass is 9.97. The van der Waals surface area contributed by atoms with Gasteiger partial charge in [-0.25, -0.2) is 0 Å². The van der Waals surface area contributed by atoms with E-state index in [1.807, 2.05) is 35.3 Å². The Hall–Kier alpha value is 0.730. The summed E-state index contributed by atoms with van der Waals surface area (Å²) in [5, 5.41) is 0. The van der Waals surface area contributed by atoms with Crippen molar-refractivity contribution in [3.63, 3.8) is 0 Å². The Morgan fingerprint density at radius 3 is 1.18 bits per heavy atom. The number of hydrogen-bond donors (Lipinski definition) is 0. The molecular formula is C23H40O8S3. The van der Waals surface area contributed by atoms with E-state index in [9.17, 15) is 0 Å². The second-order valence-corrected chi connectivity index (χ2v) is 12.5. The highest BCUT2D eigenvalue weighted by molar-refractivity contribution is 8.01. The molecule has 0 radical (unpaired) electrons. The van der Waals surface area contributed by atoms with Crippen LogP contribution in [0.25, 0.3) is 0 Å². The monoisotopic (exact) mass is 540 g/mol. The number of thioether (sulfide) groups is 3. The van der Waals surface area contributed by atoms with Crippen LogP contribution in [0.5, 0.6) is 0 Å². The SMILES string of the molecule is C(CSCC(COCC1CO1)(CSCCOCC1CO1)CSCCOCC1CO1)OCC1CO1. The molecule has 0 amide bonds. The molecule has 4 heterocycles. The van der Waals surface area contributed by atoms with Gasteiger partial charge in [0.1, 0.15) is 24.4 Å². The van der Waals surface area contributed by atoms with Crippen molar-refractivity contribution < 1.29 is 37.9 Å². The third-order valence-electron chi connectivity index (χ3n) is 5.57. The first-order valence-corrected chi connectivity index (χ1v) is 15.8. The van der Waals surface area contributed by atoms with Gasteiger partial charge in [-0.05, 0) is 0 Å². The zero-order valence-corrected chi connectivity index (χ0v) is 22.5. The van der Waals surface area contributed by atoms with Gasteiger partial charge in [0.15, 0.2) is 0 Å². The molecule has 0 spiro atoms. The van der Waals surface area contributed by atoms with Gasteiger partial charge in [0, 0.05) is 39.9 Å². The van der Waals surface area contributed by atoms with E-state index in [1.165, 1.54) is 0 Å². The minimum Gasteiger partial charge on any atom is -0.378 e.